The van der Waals surface area contributed by atoms with E-state index in [1.54, 1.807) is 6.20 Å². The van der Waals surface area contributed by atoms with Crippen LogP contribution < -0.4 is 0 Å². The number of carbonyl (C=O) groups excluding carboxylic acids is 2. The summed E-state index contributed by atoms with van der Waals surface area (Å²) >= 11 is 0. The standard InChI is InChI=1S/C17H20N2O4/c20-10-17(11-21)5-7-19(8-6-17)16(23)15(22)13-9-18-14-4-2-1-3-12(13)14/h1-4,9,18,20-21H,5-8,10-11H2. The Morgan fingerprint density at radius 3 is 2.43 bits per heavy atom. The summed E-state index contributed by atoms with van der Waals surface area (Å²) in [6.45, 7) is 0.520. The predicted octanol–water partition coefficient (Wildman–Crippen LogP) is 0.944. The van der Waals surface area contributed by atoms with Crippen molar-refractivity contribution in [3.05, 3.63) is 36.0 Å². The highest BCUT2D eigenvalue weighted by Crippen LogP contribution is 2.30. The van der Waals surface area contributed by atoms with Crippen molar-refractivity contribution in [2.45, 2.75) is 12.8 Å². The molecule has 122 valence electrons. The van der Waals surface area contributed by atoms with Crippen LogP contribution in [0.4, 0.5) is 0 Å². The van der Waals surface area contributed by atoms with Crippen molar-refractivity contribution >= 4 is 22.6 Å². The molecule has 0 atom stereocenters. The number of para-hydroxylation sites is 1. The monoisotopic (exact) mass is 316 g/mol. The number of carbonyl (C=O) groups is 2. The molecule has 1 saturated heterocycles. The van der Waals surface area contributed by atoms with Gasteiger partial charge in [-0.2, -0.15) is 0 Å². The fourth-order valence-electron chi connectivity index (χ4n) is 3.07. The zero-order valence-electron chi connectivity index (χ0n) is 12.8. The smallest absolute Gasteiger partial charge is 0.295 e. The number of aliphatic hydroxyl groups is 2. The molecule has 0 unspecified atom stereocenters. The largest absolute Gasteiger partial charge is 0.396 e. The molecule has 3 N–H and O–H groups in total. The molecule has 2 heterocycles. The van der Waals surface area contributed by atoms with Crippen molar-refractivity contribution in [1.29, 1.82) is 0 Å². The number of rotatable bonds is 4. The number of aromatic nitrogens is 1. The first-order valence-electron chi connectivity index (χ1n) is 7.72. The van der Waals surface area contributed by atoms with Crippen LogP contribution in [-0.2, 0) is 4.79 Å². The van der Waals surface area contributed by atoms with E-state index in [0.29, 0.717) is 31.5 Å². The van der Waals surface area contributed by atoms with Crippen LogP contribution >= 0.6 is 0 Å². The van der Waals surface area contributed by atoms with Crippen molar-refractivity contribution in [3.63, 3.8) is 0 Å². The topological polar surface area (TPSA) is 93.6 Å². The van der Waals surface area contributed by atoms with Crippen LogP contribution in [0, 0.1) is 5.41 Å². The number of hydrogen-bond acceptors (Lipinski definition) is 4. The second-order valence-corrected chi connectivity index (χ2v) is 6.19. The summed E-state index contributed by atoms with van der Waals surface area (Å²) in [6.07, 6.45) is 2.56. The second kappa shape index (κ2) is 6.14. The Balaban J connectivity index is 1.75. The highest BCUT2D eigenvalue weighted by molar-refractivity contribution is 6.44. The van der Waals surface area contributed by atoms with Crippen LogP contribution in [0.2, 0.25) is 0 Å². The van der Waals surface area contributed by atoms with Crippen molar-refractivity contribution < 1.29 is 19.8 Å². The molecule has 1 aliphatic rings. The first-order valence-corrected chi connectivity index (χ1v) is 7.72. The van der Waals surface area contributed by atoms with E-state index in [-0.39, 0.29) is 13.2 Å². The fraction of sp³-hybridized carbons (Fsp3) is 0.412. The van der Waals surface area contributed by atoms with Gasteiger partial charge in [-0.05, 0) is 18.9 Å². The van der Waals surface area contributed by atoms with Gasteiger partial charge in [-0.25, -0.2) is 0 Å². The quantitative estimate of drug-likeness (QED) is 0.578. The fourth-order valence-corrected chi connectivity index (χ4v) is 3.07. The third-order valence-electron chi connectivity index (χ3n) is 4.81. The number of amides is 1. The molecular formula is C17H20N2O4. The van der Waals surface area contributed by atoms with Gasteiger partial charge in [0.2, 0.25) is 0 Å². The number of benzene rings is 1. The lowest BCUT2D eigenvalue weighted by Gasteiger charge is -2.39. The lowest BCUT2D eigenvalue weighted by Crippen LogP contribution is -2.48. The Bertz CT molecular complexity index is 723. The summed E-state index contributed by atoms with van der Waals surface area (Å²) in [5.41, 5.74) is 0.661. The molecule has 0 bridgehead atoms. The molecule has 1 aromatic heterocycles. The molecule has 1 amide bonds. The first-order chi connectivity index (χ1) is 11.1. The average Bonchev–Trinajstić information content (AvgIpc) is 3.04. The number of H-pyrrole nitrogens is 1. The lowest BCUT2D eigenvalue weighted by atomic mass is 9.80. The summed E-state index contributed by atoms with van der Waals surface area (Å²) in [5.74, 6) is -1.05. The number of likely N-dealkylation sites (tertiary alicyclic amines) is 1. The number of piperidine rings is 1. The van der Waals surface area contributed by atoms with E-state index < -0.39 is 17.1 Å². The highest BCUT2D eigenvalue weighted by Gasteiger charge is 2.36. The van der Waals surface area contributed by atoms with E-state index in [2.05, 4.69) is 4.98 Å². The maximum Gasteiger partial charge on any atom is 0.295 e. The van der Waals surface area contributed by atoms with Crippen LogP contribution in [-0.4, -0.2) is 58.1 Å². The van der Waals surface area contributed by atoms with E-state index in [0.717, 1.165) is 10.9 Å². The molecule has 0 radical (unpaired) electrons. The Hall–Kier alpha value is -2.18. The van der Waals surface area contributed by atoms with Crippen molar-refractivity contribution in [3.8, 4) is 0 Å². The first kappa shape index (κ1) is 15.7. The number of aliphatic hydroxyl groups excluding tert-OH is 2. The molecule has 6 nitrogen and oxygen atoms in total. The average molecular weight is 316 g/mol. The summed E-state index contributed by atoms with van der Waals surface area (Å²) in [7, 11) is 0. The Morgan fingerprint density at radius 2 is 1.78 bits per heavy atom. The second-order valence-electron chi connectivity index (χ2n) is 6.19. The van der Waals surface area contributed by atoms with Crippen LogP contribution in [0.1, 0.15) is 23.2 Å². The van der Waals surface area contributed by atoms with Gasteiger partial charge in [0.1, 0.15) is 0 Å². The van der Waals surface area contributed by atoms with Crippen LogP contribution in [0.15, 0.2) is 30.5 Å². The lowest BCUT2D eigenvalue weighted by molar-refractivity contribution is -0.130. The van der Waals surface area contributed by atoms with Gasteiger partial charge in [-0.15, -0.1) is 0 Å². The van der Waals surface area contributed by atoms with Gasteiger partial charge < -0.3 is 20.1 Å². The van der Waals surface area contributed by atoms with Gasteiger partial charge in [0.25, 0.3) is 11.7 Å². The Labute approximate surface area is 133 Å². The molecular weight excluding hydrogens is 296 g/mol. The van der Waals surface area contributed by atoms with Gasteiger partial charge in [0.05, 0.1) is 18.8 Å². The van der Waals surface area contributed by atoms with Crippen LogP contribution in [0.3, 0.4) is 0 Å². The minimum absolute atomic E-state index is 0.109. The third kappa shape index (κ3) is 2.75. The maximum atomic E-state index is 12.5. The minimum atomic E-state index is -0.541. The molecule has 23 heavy (non-hydrogen) atoms. The normalized spacial score (nSPS) is 17.4. The number of nitrogens with one attached hydrogen (secondary N) is 1. The van der Waals surface area contributed by atoms with Gasteiger partial charge in [0.15, 0.2) is 0 Å². The number of ketones is 1. The Morgan fingerprint density at radius 1 is 1.13 bits per heavy atom. The molecule has 1 fully saturated rings. The third-order valence-corrected chi connectivity index (χ3v) is 4.81. The molecule has 6 heteroatoms. The van der Waals surface area contributed by atoms with E-state index >= 15 is 0 Å². The SMILES string of the molecule is O=C(C(=O)N1CCC(CO)(CO)CC1)c1c[nH]c2ccccc12. The predicted molar refractivity (Wildman–Crippen MR) is 85.0 cm³/mol. The van der Waals surface area contributed by atoms with E-state index in [4.69, 9.17) is 0 Å². The van der Waals surface area contributed by atoms with Gasteiger partial charge >= 0.3 is 0 Å². The molecule has 0 aliphatic carbocycles. The molecule has 3 rings (SSSR count). The summed E-state index contributed by atoms with van der Waals surface area (Å²) in [5, 5.41) is 19.6. The summed E-state index contributed by atoms with van der Waals surface area (Å²) in [4.78, 5) is 29.5. The van der Waals surface area contributed by atoms with Crippen LogP contribution in [0.25, 0.3) is 10.9 Å². The van der Waals surface area contributed by atoms with Crippen molar-refractivity contribution in [2.75, 3.05) is 26.3 Å². The van der Waals surface area contributed by atoms with E-state index in [1.165, 1.54) is 4.90 Å². The molecule has 0 spiro atoms. The zero-order chi connectivity index (χ0) is 16.4. The van der Waals surface area contributed by atoms with Crippen molar-refractivity contribution in [2.24, 2.45) is 5.41 Å². The highest BCUT2D eigenvalue weighted by atomic mass is 16.3. The number of nitrogens with zero attached hydrogens (tertiary/aromatic N) is 1. The Kier molecular flexibility index (Phi) is 4.19. The van der Waals surface area contributed by atoms with E-state index in [1.807, 2.05) is 24.3 Å². The molecule has 1 aromatic carbocycles. The summed E-state index contributed by atoms with van der Waals surface area (Å²) in [6, 6.07) is 7.36. The maximum absolute atomic E-state index is 12.5. The molecule has 1 aliphatic heterocycles. The molecule has 0 saturated carbocycles. The van der Waals surface area contributed by atoms with Gasteiger partial charge in [0, 0.05) is 35.6 Å². The van der Waals surface area contributed by atoms with Gasteiger partial charge in [-0.1, -0.05) is 18.2 Å². The number of fused-ring (bicyclic) bond motifs is 1. The molecule has 2 aromatic rings. The minimum Gasteiger partial charge on any atom is -0.396 e. The number of Topliss-reactive ketones (excluding diaryl/α,β-unsaturated/α-hetero) is 1. The number of aromatic amines is 1. The van der Waals surface area contributed by atoms with Crippen LogP contribution in [0.5, 0.6) is 0 Å². The zero-order valence-corrected chi connectivity index (χ0v) is 12.8. The summed E-state index contributed by atoms with van der Waals surface area (Å²) < 4.78 is 0. The van der Waals surface area contributed by atoms with Crippen molar-refractivity contribution in [1.82, 2.24) is 9.88 Å². The van der Waals surface area contributed by atoms with E-state index in [9.17, 15) is 19.8 Å². The van der Waals surface area contributed by atoms with Gasteiger partial charge in [-0.3, -0.25) is 9.59 Å². The number of hydrogen-bond donors (Lipinski definition) is 3.